The van der Waals surface area contributed by atoms with Gasteiger partial charge in [0.2, 0.25) is 5.91 Å². The zero-order valence-corrected chi connectivity index (χ0v) is 13.1. The molecule has 7 heteroatoms. The molecule has 110 valence electrons. The molecule has 5 nitrogen and oxygen atoms in total. The van der Waals surface area contributed by atoms with Gasteiger partial charge in [-0.25, -0.2) is 4.98 Å². The fraction of sp³-hybridized carbons (Fsp3) is 0.538. The van der Waals surface area contributed by atoms with Crippen LogP contribution < -0.4 is 10.2 Å². The van der Waals surface area contributed by atoms with Gasteiger partial charge in [0, 0.05) is 26.7 Å². The van der Waals surface area contributed by atoms with Crippen molar-refractivity contribution in [2.75, 3.05) is 43.4 Å². The molecule has 1 saturated heterocycles. The predicted molar refractivity (Wildman–Crippen MR) is 82.9 cm³/mol. The fourth-order valence-electron chi connectivity index (χ4n) is 2.14. The van der Waals surface area contributed by atoms with Crippen molar-refractivity contribution in [1.29, 1.82) is 0 Å². The van der Waals surface area contributed by atoms with Crippen molar-refractivity contribution in [2.45, 2.75) is 13.3 Å². The van der Waals surface area contributed by atoms with E-state index in [9.17, 15) is 4.79 Å². The van der Waals surface area contributed by atoms with Crippen molar-refractivity contribution in [1.82, 2.24) is 9.88 Å². The zero-order valence-electron chi connectivity index (χ0n) is 11.6. The number of pyridine rings is 1. The number of anilines is 2. The highest BCUT2D eigenvalue weighted by atomic mass is 35.5. The molecule has 2 rings (SSSR count). The van der Waals surface area contributed by atoms with Crippen molar-refractivity contribution >= 4 is 40.7 Å². The number of aromatic nitrogens is 1. The molecule has 0 aliphatic carbocycles. The number of hydrogen-bond acceptors (Lipinski definition) is 4. The summed E-state index contributed by atoms with van der Waals surface area (Å²) in [7, 11) is 1.81. The Labute approximate surface area is 128 Å². The lowest BCUT2D eigenvalue weighted by Gasteiger charge is -2.23. The lowest BCUT2D eigenvalue weighted by atomic mass is 10.3. The third-order valence-electron chi connectivity index (χ3n) is 3.23. The number of likely N-dealkylation sites (N-methyl/N-ethyl adjacent to an activating group) is 1. The number of carbonyl (C=O) groups is 1. The second-order valence-corrected chi connectivity index (χ2v) is 5.56. The monoisotopic (exact) mass is 316 g/mol. The molecule has 0 radical (unpaired) electrons. The molecule has 20 heavy (non-hydrogen) atoms. The topological polar surface area (TPSA) is 48.5 Å². The summed E-state index contributed by atoms with van der Waals surface area (Å²) in [4.78, 5) is 20.1. The van der Waals surface area contributed by atoms with Gasteiger partial charge in [0.15, 0.2) is 0 Å². The fourth-order valence-corrected chi connectivity index (χ4v) is 2.68. The van der Waals surface area contributed by atoms with Crippen LogP contribution in [-0.2, 0) is 4.79 Å². The Kier molecular flexibility index (Phi) is 4.94. The summed E-state index contributed by atoms with van der Waals surface area (Å²) < 4.78 is 0. The van der Waals surface area contributed by atoms with Crippen molar-refractivity contribution in [3.05, 3.63) is 16.1 Å². The highest BCUT2D eigenvalue weighted by molar-refractivity contribution is 6.37. The maximum atomic E-state index is 12.0. The maximum absolute atomic E-state index is 12.0. The van der Waals surface area contributed by atoms with Crippen LogP contribution in [0.2, 0.25) is 10.0 Å². The summed E-state index contributed by atoms with van der Waals surface area (Å²) in [6.07, 6.45) is 0.888. The van der Waals surface area contributed by atoms with E-state index in [1.807, 2.05) is 18.9 Å². The van der Waals surface area contributed by atoms with Crippen molar-refractivity contribution in [3.8, 4) is 0 Å². The third kappa shape index (κ3) is 3.27. The van der Waals surface area contributed by atoms with Crippen LogP contribution in [0.4, 0.5) is 11.6 Å². The molecule has 0 unspecified atom stereocenters. The van der Waals surface area contributed by atoms with Crippen LogP contribution in [0.5, 0.6) is 0 Å². The minimum atomic E-state index is 0.0697. The number of amides is 1. The largest absolute Gasteiger partial charge is 0.369 e. The van der Waals surface area contributed by atoms with E-state index >= 15 is 0 Å². The quantitative estimate of drug-likeness (QED) is 0.930. The van der Waals surface area contributed by atoms with Crippen LogP contribution in [0.1, 0.15) is 13.3 Å². The normalized spacial score (nSPS) is 16.3. The van der Waals surface area contributed by atoms with E-state index in [4.69, 9.17) is 23.2 Å². The van der Waals surface area contributed by atoms with Crippen LogP contribution in [0, 0.1) is 0 Å². The SMILES string of the molecule is CCNc1nc(N2CCCN(C)C(=O)C2)c(Cl)cc1Cl. The summed E-state index contributed by atoms with van der Waals surface area (Å²) in [6, 6.07) is 1.67. The first-order chi connectivity index (χ1) is 9.52. The lowest BCUT2D eigenvalue weighted by Crippen LogP contribution is -2.35. The average molecular weight is 317 g/mol. The van der Waals surface area contributed by atoms with Gasteiger partial charge in [0.25, 0.3) is 0 Å². The summed E-state index contributed by atoms with van der Waals surface area (Å²) in [5, 5.41) is 4.05. The molecule has 0 atom stereocenters. The Hall–Kier alpha value is -1.20. The molecule has 1 N–H and O–H groups in total. The number of halogens is 2. The third-order valence-corrected chi connectivity index (χ3v) is 3.79. The zero-order chi connectivity index (χ0) is 14.7. The van der Waals surface area contributed by atoms with Gasteiger partial charge in [0.05, 0.1) is 16.6 Å². The second-order valence-electron chi connectivity index (χ2n) is 4.74. The second kappa shape index (κ2) is 6.50. The highest BCUT2D eigenvalue weighted by Gasteiger charge is 2.22. The van der Waals surface area contributed by atoms with Crippen molar-refractivity contribution < 1.29 is 4.79 Å². The van der Waals surface area contributed by atoms with Gasteiger partial charge < -0.3 is 15.1 Å². The molecular formula is C13H18Cl2N4O. The molecular weight excluding hydrogens is 299 g/mol. The standard InChI is InChI=1S/C13H18Cl2N4O/c1-3-16-12-9(14)7-10(15)13(17-12)19-6-4-5-18(2)11(20)8-19/h7H,3-6,8H2,1-2H3,(H,16,17). The summed E-state index contributed by atoms with van der Waals surface area (Å²) in [5.74, 6) is 1.27. The van der Waals surface area contributed by atoms with Crippen LogP contribution in [0.25, 0.3) is 0 Å². The van der Waals surface area contributed by atoms with Gasteiger partial charge in [-0.3, -0.25) is 4.79 Å². The maximum Gasteiger partial charge on any atom is 0.241 e. The molecule has 1 amide bonds. The number of hydrogen-bond donors (Lipinski definition) is 1. The molecule has 1 aromatic rings. The van der Waals surface area contributed by atoms with Gasteiger partial charge in [-0.1, -0.05) is 23.2 Å². The predicted octanol–water partition coefficient (Wildman–Crippen LogP) is 2.49. The average Bonchev–Trinajstić information content (AvgIpc) is 2.56. The molecule has 2 heterocycles. The first-order valence-electron chi connectivity index (χ1n) is 6.61. The van der Waals surface area contributed by atoms with Crippen LogP contribution in [0.3, 0.4) is 0 Å². The van der Waals surface area contributed by atoms with Crippen LogP contribution in [-0.4, -0.2) is 49.0 Å². The van der Waals surface area contributed by atoms with Crippen molar-refractivity contribution in [3.63, 3.8) is 0 Å². The van der Waals surface area contributed by atoms with E-state index in [-0.39, 0.29) is 12.5 Å². The smallest absolute Gasteiger partial charge is 0.241 e. The highest BCUT2D eigenvalue weighted by Crippen LogP contribution is 2.31. The van der Waals surface area contributed by atoms with Gasteiger partial charge in [-0.2, -0.15) is 0 Å². The van der Waals surface area contributed by atoms with Gasteiger partial charge in [-0.15, -0.1) is 0 Å². The number of nitrogens with one attached hydrogen (secondary N) is 1. The van der Waals surface area contributed by atoms with Crippen LogP contribution in [0.15, 0.2) is 6.07 Å². The van der Waals surface area contributed by atoms with E-state index < -0.39 is 0 Å². The lowest BCUT2D eigenvalue weighted by molar-refractivity contribution is -0.127. The van der Waals surface area contributed by atoms with Crippen LogP contribution >= 0.6 is 23.2 Å². The first-order valence-corrected chi connectivity index (χ1v) is 7.37. The summed E-state index contributed by atoms with van der Waals surface area (Å²) in [6.45, 7) is 4.47. The van der Waals surface area contributed by atoms with E-state index in [1.165, 1.54) is 0 Å². The first kappa shape index (κ1) is 15.2. The molecule has 0 bridgehead atoms. The number of rotatable bonds is 3. The molecule has 1 fully saturated rings. The van der Waals surface area contributed by atoms with E-state index in [0.717, 1.165) is 26.1 Å². The van der Waals surface area contributed by atoms with Crippen molar-refractivity contribution in [2.24, 2.45) is 0 Å². The molecule has 1 aliphatic heterocycles. The van der Waals surface area contributed by atoms with E-state index in [2.05, 4.69) is 10.3 Å². The Morgan fingerprint density at radius 3 is 2.80 bits per heavy atom. The molecule has 1 aromatic heterocycles. The summed E-state index contributed by atoms with van der Waals surface area (Å²) >= 11 is 12.3. The molecule has 0 saturated carbocycles. The van der Waals surface area contributed by atoms with Gasteiger partial charge in [0.1, 0.15) is 11.6 Å². The minimum Gasteiger partial charge on any atom is -0.369 e. The minimum absolute atomic E-state index is 0.0697. The molecule has 0 aromatic carbocycles. The Morgan fingerprint density at radius 1 is 1.35 bits per heavy atom. The Morgan fingerprint density at radius 2 is 2.10 bits per heavy atom. The molecule has 1 aliphatic rings. The number of nitrogens with zero attached hydrogens (tertiary/aromatic N) is 3. The number of carbonyl (C=O) groups excluding carboxylic acids is 1. The van der Waals surface area contributed by atoms with Gasteiger partial charge >= 0.3 is 0 Å². The Bertz CT molecular complexity index is 509. The Balaban J connectivity index is 2.31. The van der Waals surface area contributed by atoms with E-state index in [1.54, 1.807) is 11.0 Å². The summed E-state index contributed by atoms with van der Waals surface area (Å²) in [5.41, 5.74) is 0. The molecule has 0 spiro atoms. The van der Waals surface area contributed by atoms with E-state index in [0.29, 0.717) is 21.7 Å². The van der Waals surface area contributed by atoms with Gasteiger partial charge in [-0.05, 0) is 19.4 Å².